The summed E-state index contributed by atoms with van der Waals surface area (Å²) in [5.41, 5.74) is 3.46. The van der Waals surface area contributed by atoms with Gasteiger partial charge in [0, 0.05) is 11.6 Å². The molecule has 1 heterocycles. The molecule has 0 saturated heterocycles. The topological polar surface area (TPSA) is 17.8 Å². The molecule has 0 fully saturated rings. The van der Waals surface area contributed by atoms with Crippen molar-refractivity contribution < 1.29 is 0 Å². The highest BCUT2D eigenvalue weighted by Crippen LogP contribution is 2.41. The molecule has 170 valence electrons. The van der Waals surface area contributed by atoms with Crippen molar-refractivity contribution in [1.29, 1.82) is 0 Å². The van der Waals surface area contributed by atoms with E-state index in [4.69, 9.17) is 4.98 Å². The van der Waals surface area contributed by atoms with Crippen LogP contribution in [0.4, 0.5) is 0 Å². The summed E-state index contributed by atoms with van der Waals surface area (Å²) in [6, 6.07) is 44.0. The molecular weight excluding hydrogens is 443 g/mol. The Morgan fingerprint density at radius 2 is 1.23 bits per heavy atom. The lowest BCUT2D eigenvalue weighted by atomic mass is 10.0. The lowest BCUT2D eigenvalue weighted by Crippen LogP contribution is -2.23. The molecule has 0 aliphatic carbocycles. The molecule has 0 radical (unpaired) electrons. The molecule has 6 rings (SSSR count). The van der Waals surface area contributed by atoms with Gasteiger partial charge in [-0.3, -0.25) is 0 Å². The molecule has 0 amide bonds. The second-order valence-electron chi connectivity index (χ2n) is 9.08. The zero-order valence-electron chi connectivity index (χ0n) is 20.0. The number of aromatic nitrogens is 2. The fourth-order valence-electron chi connectivity index (χ4n) is 5.01. The Kier molecular flexibility index (Phi) is 5.68. The van der Waals surface area contributed by atoms with E-state index in [1.165, 1.54) is 37.8 Å². The molecular formula is C32H27N2P. The molecule has 0 unspecified atom stereocenters. The van der Waals surface area contributed by atoms with Crippen molar-refractivity contribution in [2.45, 2.75) is 19.9 Å². The van der Waals surface area contributed by atoms with Crippen molar-refractivity contribution in [2.24, 2.45) is 0 Å². The van der Waals surface area contributed by atoms with Crippen molar-refractivity contribution in [3.8, 4) is 11.4 Å². The summed E-state index contributed by atoms with van der Waals surface area (Å²) in [5.74, 6) is 1.05. The van der Waals surface area contributed by atoms with Crippen molar-refractivity contribution in [3.05, 3.63) is 121 Å². The number of imidazole rings is 1. The van der Waals surface area contributed by atoms with E-state index in [9.17, 15) is 0 Å². The average Bonchev–Trinajstić information content (AvgIpc) is 3.29. The summed E-state index contributed by atoms with van der Waals surface area (Å²) in [7, 11) is -0.778. The van der Waals surface area contributed by atoms with E-state index in [0.29, 0.717) is 0 Å². The number of hydrogen-bond donors (Lipinski definition) is 0. The molecule has 0 aliphatic rings. The minimum Gasteiger partial charge on any atom is -0.321 e. The van der Waals surface area contributed by atoms with Gasteiger partial charge in [-0.15, -0.1) is 0 Å². The van der Waals surface area contributed by atoms with Gasteiger partial charge >= 0.3 is 0 Å². The van der Waals surface area contributed by atoms with E-state index in [1.807, 2.05) is 0 Å². The minimum atomic E-state index is -0.778. The largest absolute Gasteiger partial charge is 0.321 e. The second kappa shape index (κ2) is 9.13. The van der Waals surface area contributed by atoms with Crippen molar-refractivity contribution in [1.82, 2.24) is 9.55 Å². The molecule has 2 nitrogen and oxygen atoms in total. The monoisotopic (exact) mass is 470 g/mol. The zero-order chi connectivity index (χ0) is 23.8. The minimum absolute atomic E-state index is 0.281. The van der Waals surface area contributed by atoms with Crippen LogP contribution in [-0.2, 0) is 0 Å². The summed E-state index contributed by atoms with van der Waals surface area (Å²) in [4.78, 5) is 5.26. The third kappa shape index (κ3) is 3.85. The smallest absolute Gasteiger partial charge is 0.142 e. The van der Waals surface area contributed by atoms with Gasteiger partial charge in [0.2, 0.25) is 0 Å². The van der Waals surface area contributed by atoms with Crippen LogP contribution in [0, 0.1) is 0 Å². The second-order valence-corrected chi connectivity index (χ2v) is 11.3. The Hall–Kier alpha value is -3.74. The molecule has 0 spiro atoms. The van der Waals surface area contributed by atoms with Gasteiger partial charge in [-0.25, -0.2) is 4.98 Å². The summed E-state index contributed by atoms with van der Waals surface area (Å²) in [5, 5.41) is 6.52. The van der Waals surface area contributed by atoms with Crippen LogP contribution in [0.2, 0.25) is 0 Å². The molecule has 1 aromatic heterocycles. The first-order valence-electron chi connectivity index (χ1n) is 12.1. The number of nitrogens with zero attached hydrogens (tertiary/aromatic N) is 2. The summed E-state index contributed by atoms with van der Waals surface area (Å²) in [6.07, 6.45) is 0. The van der Waals surface area contributed by atoms with Crippen LogP contribution in [0.15, 0.2) is 121 Å². The summed E-state index contributed by atoms with van der Waals surface area (Å²) < 4.78 is 2.41. The number of benzene rings is 5. The molecule has 0 saturated carbocycles. The molecule has 3 heteroatoms. The Balaban J connectivity index is 1.74. The Labute approximate surface area is 207 Å². The van der Waals surface area contributed by atoms with Gasteiger partial charge in [-0.1, -0.05) is 109 Å². The number of hydrogen-bond acceptors (Lipinski definition) is 1. The predicted molar refractivity (Wildman–Crippen MR) is 152 cm³/mol. The maximum atomic E-state index is 5.26. The summed E-state index contributed by atoms with van der Waals surface area (Å²) >= 11 is 0. The molecule has 0 N–H and O–H groups in total. The van der Waals surface area contributed by atoms with Gasteiger partial charge in [0.25, 0.3) is 0 Å². The van der Waals surface area contributed by atoms with E-state index in [1.54, 1.807) is 0 Å². The van der Waals surface area contributed by atoms with E-state index >= 15 is 0 Å². The first-order valence-corrected chi connectivity index (χ1v) is 13.5. The third-order valence-electron chi connectivity index (χ3n) is 6.51. The average molecular weight is 471 g/mol. The van der Waals surface area contributed by atoms with Crippen molar-refractivity contribution in [3.63, 3.8) is 0 Å². The first-order chi connectivity index (χ1) is 17.2. The standard InChI is InChI=1S/C32H27N2P/c1-23(2)34-29-20-12-11-19-28(29)33-32(34)31-27-18-10-9-13-24(27)21-22-30(31)35(25-14-5-3-6-15-25)26-16-7-4-8-17-26/h3-23H,1-2H3. The quantitative estimate of drug-likeness (QED) is 0.244. The van der Waals surface area contributed by atoms with Gasteiger partial charge in [0.15, 0.2) is 0 Å². The van der Waals surface area contributed by atoms with Crippen LogP contribution in [0.3, 0.4) is 0 Å². The number of rotatable bonds is 5. The van der Waals surface area contributed by atoms with E-state index < -0.39 is 7.92 Å². The predicted octanol–water partition coefficient (Wildman–Crippen LogP) is 7.20. The van der Waals surface area contributed by atoms with Crippen LogP contribution >= 0.6 is 7.92 Å². The molecule has 0 aliphatic heterocycles. The fourth-order valence-corrected chi connectivity index (χ4v) is 7.47. The highest BCUT2D eigenvalue weighted by molar-refractivity contribution is 7.80. The molecule has 5 aromatic carbocycles. The molecule has 0 atom stereocenters. The molecule has 6 aromatic rings. The third-order valence-corrected chi connectivity index (χ3v) is 9.00. The maximum absolute atomic E-state index is 5.26. The summed E-state index contributed by atoms with van der Waals surface area (Å²) in [6.45, 7) is 4.50. The van der Waals surface area contributed by atoms with Crippen LogP contribution in [0.1, 0.15) is 19.9 Å². The highest BCUT2D eigenvalue weighted by Gasteiger charge is 2.25. The van der Waals surface area contributed by atoms with Crippen molar-refractivity contribution in [2.75, 3.05) is 0 Å². The number of fused-ring (bicyclic) bond motifs is 2. The SMILES string of the molecule is CC(C)n1c(-c2c(P(c3ccccc3)c3ccccc3)ccc3ccccc23)nc2ccccc21. The van der Waals surface area contributed by atoms with Gasteiger partial charge in [-0.2, -0.15) is 0 Å². The van der Waals surface area contributed by atoms with Gasteiger partial charge < -0.3 is 4.57 Å². The zero-order valence-corrected chi connectivity index (χ0v) is 20.9. The lowest BCUT2D eigenvalue weighted by molar-refractivity contribution is 0.625. The van der Waals surface area contributed by atoms with Gasteiger partial charge in [-0.05, 0) is 60.6 Å². The van der Waals surface area contributed by atoms with Crippen LogP contribution in [-0.4, -0.2) is 9.55 Å². The van der Waals surface area contributed by atoms with E-state index in [2.05, 4.69) is 140 Å². The highest BCUT2D eigenvalue weighted by atomic mass is 31.1. The normalized spacial score (nSPS) is 11.7. The Morgan fingerprint density at radius 1 is 0.629 bits per heavy atom. The lowest BCUT2D eigenvalue weighted by Gasteiger charge is -2.24. The van der Waals surface area contributed by atoms with Crippen LogP contribution in [0.25, 0.3) is 33.2 Å². The van der Waals surface area contributed by atoms with Crippen LogP contribution in [0.5, 0.6) is 0 Å². The van der Waals surface area contributed by atoms with Gasteiger partial charge in [0.05, 0.1) is 11.0 Å². The van der Waals surface area contributed by atoms with Gasteiger partial charge in [0.1, 0.15) is 5.82 Å². The first kappa shape index (κ1) is 21.8. The fraction of sp³-hybridized carbons (Fsp3) is 0.0938. The number of para-hydroxylation sites is 2. The van der Waals surface area contributed by atoms with Crippen molar-refractivity contribution >= 4 is 45.6 Å². The van der Waals surface area contributed by atoms with E-state index in [-0.39, 0.29) is 6.04 Å². The molecule has 0 bridgehead atoms. The molecule has 35 heavy (non-hydrogen) atoms. The maximum Gasteiger partial charge on any atom is 0.142 e. The van der Waals surface area contributed by atoms with Crippen LogP contribution < -0.4 is 15.9 Å². The Bertz CT molecular complexity index is 1580. The van der Waals surface area contributed by atoms with E-state index in [0.717, 1.165) is 11.3 Å². The Morgan fingerprint density at radius 3 is 1.91 bits per heavy atom.